The molecular formula is C9H16O2. The van der Waals surface area contributed by atoms with Crippen LogP contribution in [0.1, 0.15) is 32.6 Å². The van der Waals surface area contributed by atoms with E-state index in [0.717, 1.165) is 19.3 Å². The first-order valence-electron chi connectivity index (χ1n) is 4.39. The van der Waals surface area contributed by atoms with Gasteiger partial charge in [-0.3, -0.25) is 4.79 Å². The largest absolute Gasteiger partial charge is 0.396 e. The minimum absolute atomic E-state index is 0.147. The number of ketones is 1. The van der Waals surface area contributed by atoms with Crippen LogP contribution in [0.3, 0.4) is 0 Å². The zero-order valence-corrected chi connectivity index (χ0v) is 7.05. The first-order valence-corrected chi connectivity index (χ1v) is 4.39. The Kier molecular flexibility index (Phi) is 3.06. The molecule has 64 valence electrons. The Bertz CT molecular complexity index is 142. The molecule has 1 aliphatic carbocycles. The van der Waals surface area contributed by atoms with Crippen molar-refractivity contribution in [2.24, 2.45) is 11.8 Å². The van der Waals surface area contributed by atoms with Crippen LogP contribution >= 0.6 is 0 Å². The van der Waals surface area contributed by atoms with E-state index < -0.39 is 0 Å². The van der Waals surface area contributed by atoms with Crippen molar-refractivity contribution >= 4 is 5.78 Å². The molecule has 1 saturated carbocycles. The van der Waals surface area contributed by atoms with Crippen LogP contribution in [0.2, 0.25) is 0 Å². The summed E-state index contributed by atoms with van der Waals surface area (Å²) in [6, 6.07) is 0. The average molecular weight is 156 g/mol. The van der Waals surface area contributed by atoms with Crippen LogP contribution in [-0.2, 0) is 4.79 Å². The van der Waals surface area contributed by atoms with Gasteiger partial charge in [0.25, 0.3) is 0 Å². The van der Waals surface area contributed by atoms with E-state index in [4.69, 9.17) is 5.11 Å². The fraction of sp³-hybridized carbons (Fsp3) is 0.889. The van der Waals surface area contributed by atoms with Gasteiger partial charge < -0.3 is 5.11 Å². The number of hydrogen-bond donors (Lipinski definition) is 1. The van der Waals surface area contributed by atoms with Crippen LogP contribution in [-0.4, -0.2) is 17.5 Å². The van der Waals surface area contributed by atoms with E-state index in [-0.39, 0.29) is 12.5 Å². The van der Waals surface area contributed by atoms with Crippen LogP contribution in [0.15, 0.2) is 0 Å². The molecule has 1 N–H and O–H groups in total. The molecule has 2 heteroatoms. The van der Waals surface area contributed by atoms with Crippen molar-refractivity contribution in [1.29, 1.82) is 0 Å². The Morgan fingerprint density at radius 2 is 2.36 bits per heavy atom. The van der Waals surface area contributed by atoms with Crippen molar-refractivity contribution in [3.8, 4) is 0 Å². The third-order valence-electron chi connectivity index (χ3n) is 2.62. The van der Waals surface area contributed by atoms with E-state index >= 15 is 0 Å². The summed E-state index contributed by atoms with van der Waals surface area (Å²) < 4.78 is 0. The average Bonchev–Trinajstić information content (AvgIpc) is 1.97. The van der Waals surface area contributed by atoms with Gasteiger partial charge in [-0.15, -0.1) is 0 Å². The summed E-state index contributed by atoms with van der Waals surface area (Å²) >= 11 is 0. The summed E-state index contributed by atoms with van der Waals surface area (Å²) in [7, 11) is 0. The lowest BCUT2D eigenvalue weighted by atomic mass is 9.78. The number of aliphatic hydroxyl groups excluding tert-OH is 1. The van der Waals surface area contributed by atoms with Crippen LogP contribution in [0.5, 0.6) is 0 Å². The van der Waals surface area contributed by atoms with E-state index in [9.17, 15) is 4.79 Å². The number of Topliss-reactive ketones (excluding diaryl/α,β-unsaturated/α-hetero) is 1. The molecule has 0 radical (unpaired) electrons. The lowest BCUT2D eigenvalue weighted by Crippen LogP contribution is -2.27. The van der Waals surface area contributed by atoms with E-state index in [1.165, 1.54) is 0 Å². The molecule has 0 aliphatic heterocycles. The van der Waals surface area contributed by atoms with Crippen LogP contribution in [0.25, 0.3) is 0 Å². The molecular weight excluding hydrogens is 140 g/mol. The predicted octanol–water partition coefficient (Wildman–Crippen LogP) is 1.37. The third-order valence-corrected chi connectivity index (χ3v) is 2.62. The lowest BCUT2D eigenvalue weighted by Gasteiger charge is -2.26. The summed E-state index contributed by atoms with van der Waals surface area (Å²) in [6.45, 7) is 2.26. The molecule has 0 aromatic rings. The fourth-order valence-corrected chi connectivity index (χ4v) is 1.89. The highest BCUT2D eigenvalue weighted by molar-refractivity contribution is 5.81. The molecule has 2 unspecified atom stereocenters. The number of hydrogen-bond acceptors (Lipinski definition) is 2. The van der Waals surface area contributed by atoms with Crippen molar-refractivity contribution in [3.63, 3.8) is 0 Å². The van der Waals surface area contributed by atoms with E-state index in [1.807, 2.05) is 0 Å². The first-order chi connectivity index (χ1) is 5.25. The Hall–Kier alpha value is -0.370. The standard InChI is InChI=1S/C9H16O2/c1-7-3-2-4-9(11)8(7)5-6-10/h7-8,10H,2-6H2,1H3. The highest BCUT2D eigenvalue weighted by atomic mass is 16.3. The van der Waals surface area contributed by atoms with Gasteiger partial charge in [0.2, 0.25) is 0 Å². The van der Waals surface area contributed by atoms with Gasteiger partial charge in [-0.1, -0.05) is 6.92 Å². The molecule has 0 bridgehead atoms. The molecule has 0 amide bonds. The minimum Gasteiger partial charge on any atom is -0.396 e. The maximum Gasteiger partial charge on any atom is 0.136 e. The third kappa shape index (κ3) is 2.03. The van der Waals surface area contributed by atoms with Gasteiger partial charge in [0.15, 0.2) is 0 Å². The van der Waals surface area contributed by atoms with Gasteiger partial charge in [-0.2, -0.15) is 0 Å². The number of carbonyl (C=O) groups is 1. The van der Waals surface area contributed by atoms with Crippen LogP contribution in [0.4, 0.5) is 0 Å². The van der Waals surface area contributed by atoms with Gasteiger partial charge in [-0.25, -0.2) is 0 Å². The summed E-state index contributed by atoms with van der Waals surface area (Å²) in [4.78, 5) is 11.3. The highest BCUT2D eigenvalue weighted by Crippen LogP contribution is 2.28. The fourth-order valence-electron chi connectivity index (χ4n) is 1.89. The molecule has 0 heterocycles. The van der Waals surface area contributed by atoms with E-state index in [2.05, 4.69) is 6.92 Å². The highest BCUT2D eigenvalue weighted by Gasteiger charge is 2.27. The lowest BCUT2D eigenvalue weighted by molar-refractivity contribution is -0.127. The molecule has 0 aromatic carbocycles. The van der Waals surface area contributed by atoms with E-state index in [1.54, 1.807) is 0 Å². The summed E-state index contributed by atoms with van der Waals surface area (Å²) in [6.07, 6.45) is 3.59. The number of carbonyl (C=O) groups excluding carboxylic acids is 1. The Morgan fingerprint density at radius 1 is 1.64 bits per heavy atom. The molecule has 11 heavy (non-hydrogen) atoms. The zero-order chi connectivity index (χ0) is 8.27. The Morgan fingerprint density at radius 3 is 2.91 bits per heavy atom. The second kappa shape index (κ2) is 3.86. The molecule has 1 fully saturated rings. The molecule has 1 aliphatic rings. The molecule has 0 spiro atoms. The maximum absolute atomic E-state index is 11.3. The summed E-state index contributed by atoms with van der Waals surface area (Å²) in [5, 5.41) is 8.70. The van der Waals surface area contributed by atoms with Crippen molar-refractivity contribution in [1.82, 2.24) is 0 Å². The monoisotopic (exact) mass is 156 g/mol. The topological polar surface area (TPSA) is 37.3 Å². The van der Waals surface area contributed by atoms with Gasteiger partial charge in [-0.05, 0) is 25.2 Å². The van der Waals surface area contributed by atoms with Gasteiger partial charge in [0, 0.05) is 18.9 Å². The quantitative estimate of drug-likeness (QED) is 0.655. The molecule has 0 aromatic heterocycles. The molecule has 2 atom stereocenters. The molecule has 1 rings (SSSR count). The van der Waals surface area contributed by atoms with Gasteiger partial charge >= 0.3 is 0 Å². The summed E-state index contributed by atoms with van der Waals surface area (Å²) in [5.41, 5.74) is 0. The van der Waals surface area contributed by atoms with Crippen molar-refractivity contribution in [2.45, 2.75) is 32.6 Å². The van der Waals surface area contributed by atoms with Gasteiger partial charge in [0.05, 0.1) is 0 Å². The Labute approximate surface area is 67.6 Å². The smallest absolute Gasteiger partial charge is 0.136 e. The SMILES string of the molecule is CC1CCCC(=O)C1CCO. The van der Waals surface area contributed by atoms with Gasteiger partial charge in [0.1, 0.15) is 5.78 Å². The number of aliphatic hydroxyl groups is 1. The van der Waals surface area contributed by atoms with Crippen LogP contribution < -0.4 is 0 Å². The first kappa shape index (κ1) is 8.72. The molecule has 2 nitrogen and oxygen atoms in total. The Balaban J connectivity index is 2.48. The summed E-state index contributed by atoms with van der Waals surface area (Å²) in [5.74, 6) is 0.995. The second-order valence-electron chi connectivity index (χ2n) is 3.45. The van der Waals surface area contributed by atoms with Crippen LogP contribution in [0, 0.1) is 11.8 Å². The second-order valence-corrected chi connectivity index (χ2v) is 3.45. The normalized spacial score (nSPS) is 32.4. The van der Waals surface area contributed by atoms with Crippen molar-refractivity contribution in [3.05, 3.63) is 0 Å². The van der Waals surface area contributed by atoms with Crippen molar-refractivity contribution in [2.75, 3.05) is 6.61 Å². The van der Waals surface area contributed by atoms with E-state index in [0.29, 0.717) is 18.1 Å². The molecule has 0 saturated heterocycles. The minimum atomic E-state index is 0.147. The van der Waals surface area contributed by atoms with Crippen molar-refractivity contribution < 1.29 is 9.90 Å². The maximum atomic E-state index is 11.3. The predicted molar refractivity (Wildman–Crippen MR) is 43.2 cm³/mol. The zero-order valence-electron chi connectivity index (χ0n) is 7.05. The number of rotatable bonds is 2.